The van der Waals surface area contributed by atoms with Gasteiger partial charge < -0.3 is 9.90 Å². The summed E-state index contributed by atoms with van der Waals surface area (Å²) in [6, 6.07) is 4.02. The van der Waals surface area contributed by atoms with Gasteiger partial charge in [-0.25, -0.2) is 0 Å². The molecule has 108 valence electrons. The summed E-state index contributed by atoms with van der Waals surface area (Å²) in [5.74, 6) is -2.74. The molecule has 1 aliphatic heterocycles. The molecule has 5 nitrogen and oxygen atoms in total. The van der Waals surface area contributed by atoms with Gasteiger partial charge in [0, 0.05) is 10.6 Å². The molecule has 3 rings (SSSR count). The van der Waals surface area contributed by atoms with Crippen molar-refractivity contribution >= 4 is 35.1 Å². The highest BCUT2D eigenvalue weighted by atomic mass is 35.5. The van der Waals surface area contributed by atoms with E-state index in [1.807, 2.05) is 12.2 Å². The number of hydrogen-bond acceptors (Lipinski definition) is 4. The first-order valence-corrected chi connectivity index (χ1v) is 6.92. The standard InChI is InChI=1S/C15H12ClNO4/c16-12-6-5-8(7-11(12)15(20)21)17-13(18)9-3-1-2-4-10(9)14(17)19/h1-2,5-7,9-10H,3-4H2,(H,20,21)/p-1. The molecule has 2 amide bonds. The molecule has 0 radical (unpaired) electrons. The Kier molecular flexibility index (Phi) is 3.29. The van der Waals surface area contributed by atoms with Crippen LogP contribution in [0.5, 0.6) is 0 Å². The molecule has 1 saturated heterocycles. The first-order chi connectivity index (χ1) is 10.0. The van der Waals surface area contributed by atoms with Gasteiger partial charge in [-0.05, 0) is 31.0 Å². The summed E-state index contributed by atoms with van der Waals surface area (Å²) in [4.78, 5) is 36.9. The number of halogens is 1. The number of benzene rings is 1. The van der Waals surface area contributed by atoms with E-state index in [1.165, 1.54) is 18.2 Å². The first kappa shape index (κ1) is 13.8. The maximum atomic E-state index is 12.4. The van der Waals surface area contributed by atoms with Crippen molar-refractivity contribution < 1.29 is 19.5 Å². The van der Waals surface area contributed by atoms with Crippen molar-refractivity contribution in [3.8, 4) is 0 Å². The van der Waals surface area contributed by atoms with Crippen LogP contribution < -0.4 is 10.0 Å². The predicted molar refractivity (Wildman–Crippen MR) is 73.6 cm³/mol. The highest BCUT2D eigenvalue weighted by Crippen LogP contribution is 2.38. The summed E-state index contributed by atoms with van der Waals surface area (Å²) in [5.41, 5.74) is -0.00855. The van der Waals surface area contributed by atoms with Crippen LogP contribution in [0.1, 0.15) is 23.2 Å². The van der Waals surface area contributed by atoms with Crippen molar-refractivity contribution in [2.45, 2.75) is 12.8 Å². The van der Waals surface area contributed by atoms with E-state index in [9.17, 15) is 19.5 Å². The van der Waals surface area contributed by atoms with Gasteiger partial charge in [0.1, 0.15) is 0 Å². The number of rotatable bonds is 2. The zero-order chi connectivity index (χ0) is 15.1. The number of carbonyl (C=O) groups excluding carboxylic acids is 3. The van der Waals surface area contributed by atoms with E-state index >= 15 is 0 Å². The maximum Gasteiger partial charge on any atom is 0.238 e. The molecule has 2 atom stereocenters. The fourth-order valence-corrected chi connectivity index (χ4v) is 3.06. The van der Waals surface area contributed by atoms with Gasteiger partial charge in [-0.1, -0.05) is 23.8 Å². The van der Waals surface area contributed by atoms with Crippen LogP contribution in [0.2, 0.25) is 5.02 Å². The molecule has 1 heterocycles. The van der Waals surface area contributed by atoms with Crippen LogP contribution >= 0.6 is 11.6 Å². The third kappa shape index (κ3) is 2.14. The molecular formula is C15H11ClNO4-. The van der Waals surface area contributed by atoms with E-state index in [0.29, 0.717) is 12.8 Å². The third-order valence-corrected chi connectivity index (χ3v) is 4.27. The molecule has 6 heteroatoms. The van der Waals surface area contributed by atoms with Gasteiger partial charge in [-0.15, -0.1) is 0 Å². The molecule has 2 aliphatic rings. The van der Waals surface area contributed by atoms with Gasteiger partial charge in [0.2, 0.25) is 11.8 Å². The van der Waals surface area contributed by atoms with Gasteiger partial charge in [-0.3, -0.25) is 14.5 Å². The van der Waals surface area contributed by atoms with Crippen LogP contribution in [0.15, 0.2) is 30.4 Å². The smallest absolute Gasteiger partial charge is 0.238 e. The van der Waals surface area contributed by atoms with Gasteiger partial charge in [0.05, 0.1) is 23.5 Å². The van der Waals surface area contributed by atoms with Crippen molar-refractivity contribution in [3.63, 3.8) is 0 Å². The zero-order valence-electron chi connectivity index (χ0n) is 10.9. The number of anilines is 1. The molecule has 1 aromatic rings. The van der Waals surface area contributed by atoms with E-state index in [-0.39, 0.29) is 39.9 Å². The third-order valence-electron chi connectivity index (χ3n) is 3.94. The Morgan fingerprint density at radius 2 is 1.71 bits per heavy atom. The highest BCUT2D eigenvalue weighted by molar-refractivity contribution is 6.33. The molecule has 2 unspecified atom stereocenters. The number of carbonyl (C=O) groups is 3. The molecule has 21 heavy (non-hydrogen) atoms. The number of carboxylic acid groups (broad SMARTS) is 1. The van der Waals surface area contributed by atoms with Gasteiger partial charge >= 0.3 is 0 Å². The van der Waals surface area contributed by atoms with Crippen LogP contribution in [-0.2, 0) is 9.59 Å². The maximum absolute atomic E-state index is 12.4. The first-order valence-electron chi connectivity index (χ1n) is 6.54. The van der Waals surface area contributed by atoms with Crippen molar-refractivity contribution in [2.24, 2.45) is 11.8 Å². The fourth-order valence-electron chi connectivity index (χ4n) is 2.86. The van der Waals surface area contributed by atoms with E-state index < -0.39 is 5.97 Å². The van der Waals surface area contributed by atoms with Crippen LogP contribution in [0.3, 0.4) is 0 Å². The van der Waals surface area contributed by atoms with E-state index in [4.69, 9.17) is 11.6 Å². The van der Waals surface area contributed by atoms with Crippen molar-refractivity contribution in [2.75, 3.05) is 4.90 Å². The van der Waals surface area contributed by atoms with Gasteiger partial charge in [-0.2, -0.15) is 0 Å². The number of fused-ring (bicyclic) bond motifs is 1. The predicted octanol–water partition coefficient (Wildman–Crippen LogP) is 1.16. The second kappa shape index (κ2) is 5.00. The van der Waals surface area contributed by atoms with E-state index in [0.717, 1.165) is 4.90 Å². The minimum absolute atomic E-state index is 0.0110. The van der Waals surface area contributed by atoms with Crippen molar-refractivity contribution in [1.29, 1.82) is 0 Å². The fraction of sp³-hybridized carbons (Fsp3) is 0.267. The quantitative estimate of drug-likeness (QED) is 0.607. The molecular weight excluding hydrogens is 294 g/mol. The Hall–Kier alpha value is -2.14. The average molecular weight is 305 g/mol. The minimum atomic E-state index is -1.44. The number of carboxylic acids is 1. The lowest BCUT2D eigenvalue weighted by molar-refractivity contribution is -0.255. The van der Waals surface area contributed by atoms with E-state index in [1.54, 1.807) is 0 Å². The largest absolute Gasteiger partial charge is 0.545 e. The summed E-state index contributed by atoms with van der Waals surface area (Å²) in [7, 11) is 0. The summed E-state index contributed by atoms with van der Waals surface area (Å²) >= 11 is 5.77. The van der Waals surface area contributed by atoms with E-state index in [2.05, 4.69) is 0 Å². The molecule has 0 aromatic heterocycles. The molecule has 1 aliphatic carbocycles. The monoisotopic (exact) mass is 304 g/mol. The Morgan fingerprint density at radius 1 is 1.14 bits per heavy atom. The average Bonchev–Trinajstić information content (AvgIpc) is 2.72. The van der Waals surface area contributed by atoms with Crippen LogP contribution in [-0.4, -0.2) is 17.8 Å². The second-order valence-electron chi connectivity index (χ2n) is 5.12. The highest BCUT2D eigenvalue weighted by Gasteiger charge is 2.47. The Balaban J connectivity index is 2.01. The normalized spacial score (nSPS) is 24.3. The lowest BCUT2D eigenvalue weighted by Gasteiger charge is -2.17. The minimum Gasteiger partial charge on any atom is -0.545 e. The number of imide groups is 1. The van der Waals surface area contributed by atoms with Crippen LogP contribution in [0.4, 0.5) is 5.69 Å². The molecule has 0 spiro atoms. The Labute approximate surface area is 125 Å². The lowest BCUT2D eigenvalue weighted by Crippen LogP contribution is -2.31. The summed E-state index contributed by atoms with van der Waals surface area (Å²) in [6.45, 7) is 0. The topological polar surface area (TPSA) is 77.5 Å². The number of amides is 2. The van der Waals surface area contributed by atoms with Crippen LogP contribution in [0, 0.1) is 11.8 Å². The van der Waals surface area contributed by atoms with Crippen molar-refractivity contribution in [1.82, 2.24) is 0 Å². The molecule has 0 bridgehead atoms. The summed E-state index contributed by atoms with van der Waals surface area (Å²) in [6.07, 6.45) is 4.86. The number of nitrogens with zero attached hydrogens (tertiary/aromatic N) is 1. The number of aromatic carboxylic acids is 1. The molecule has 0 N–H and O–H groups in total. The van der Waals surface area contributed by atoms with Crippen molar-refractivity contribution in [3.05, 3.63) is 40.9 Å². The van der Waals surface area contributed by atoms with Crippen LogP contribution in [0.25, 0.3) is 0 Å². The summed E-state index contributed by atoms with van der Waals surface area (Å²) in [5, 5.41) is 11.0. The molecule has 1 aromatic carbocycles. The molecule has 1 fully saturated rings. The van der Waals surface area contributed by atoms with Gasteiger partial charge in [0.25, 0.3) is 0 Å². The lowest BCUT2D eigenvalue weighted by atomic mass is 9.85. The SMILES string of the molecule is O=C([O-])c1cc(N2C(=O)C3CC=CCC3C2=O)ccc1Cl. The van der Waals surface area contributed by atoms with Gasteiger partial charge in [0.15, 0.2) is 0 Å². The Bertz CT molecular complexity index is 656. The number of hydrogen-bond donors (Lipinski definition) is 0. The Morgan fingerprint density at radius 3 is 2.24 bits per heavy atom. The molecule has 0 saturated carbocycles. The zero-order valence-corrected chi connectivity index (χ0v) is 11.7. The number of allylic oxidation sites excluding steroid dienone is 2. The summed E-state index contributed by atoms with van der Waals surface area (Å²) < 4.78 is 0. The second-order valence-corrected chi connectivity index (χ2v) is 5.53.